The van der Waals surface area contributed by atoms with Crippen molar-refractivity contribution in [1.82, 2.24) is 16.0 Å². The van der Waals surface area contributed by atoms with E-state index in [1.807, 2.05) is 0 Å². The van der Waals surface area contributed by atoms with Gasteiger partial charge in [0.05, 0.1) is 6.54 Å². The Morgan fingerprint density at radius 2 is 1.60 bits per heavy atom. The molecule has 0 spiro atoms. The van der Waals surface area contributed by atoms with Gasteiger partial charge in [0.2, 0.25) is 17.7 Å². The van der Waals surface area contributed by atoms with E-state index in [1.165, 1.54) is 6.92 Å². The summed E-state index contributed by atoms with van der Waals surface area (Å²) in [5.74, 6) is -2.59. The third kappa shape index (κ3) is 7.34. The Hall–Kier alpha value is -2.12. The average molecular weight is 287 g/mol. The van der Waals surface area contributed by atoms with Crippen molar-refractivity contribution in [3.05, 3.63) is 0 Å². The molecular weight excluding hydrogens is 266 g/mol. The van der Waals surface area contributed by atoms with E-state index >= 15 is 0 Å². The van der Waals surface area contributed by atoms with Crippen molar-refractivity contribution in [2.45, 2.75) is 33.7 Å². The quantitative estimate of drug-likeness (QED) is 0.491. The molecule has 0 rings (SSSR count). The first kappa shape index (κ1) is 17.9. The maximum atomic E-state index is 11.7. The van der Waals surface area contributed by atoms with Crippen LogP contribution in [0.25, 0.3) is 0 Å². The van der Waals surface area contributed by atoms with Crippen molar-refractivity contribution >= 4 is 23.7 Å². The number of aliphatic carboxylic acids is 1. The summed E-state index contributed by atoms with van der Waals surface area (Å²) in [4.78, 5) is 44.7. The first-order chi connectivity index (χ1) is 9.04. The number of hydrogen-bond acceptors (Lipinski definition) is 4. The number of rotatable bonds is 6. The number of hydrogen-bond donors (Lipinski definition) is 4. The zero-order valence-corrected chi connectivity index (χ0v) is 12.1. The van der Waals surface area contributed by atoms with E-state index in [1.54, 1.807) is 20.8 Å². The predicted molar refractivity (Wildman–Crippen MR) is 70.7 cm³/mol. The summed E-state index contributed by atoms with van der Waals surface area (Å²) in [5, 5.41) is 15.3. The minimum atomic E-state index is -1.17. The van der Waals surface area contributed by atoms with E-state index in [2.05, 4.69) is 16.0 Å². The van der Waals surface area contributed by atoms with Crippen molar-refractivity contribution in [3.8, 4) is 0 Å². The molecule has 0 aliphatic rings. The van der Waals surface area contributed by atoms with Crippen LogP contribution >= 0.6 is 0 Å². The monoisotopic (exact) mass is 287 g/mol. The van der Waals surface area contributed by atoms with E-state index in [9.17, 15) is 19.2 Å². The molecular formula is C12H21N3O5. The molecule has 4 N–H and O–H groups in total. The Bertz CT molecular complexity index is 400. The smallest absolute Gasteiger partial charge is 0.322 e. The van der Waals surface area contributed by atoms with E-state index in [-0.39, 0.29) is 12.5 Å². The minimum absolute atomic E-state index is 0.282. The normalized spacial score (nSPS) is 12.2. The lowest BCUT2D eigenvalue weighted by atomic mass is 9.95. The summed E-state index contributed by atoms with van der Waals surface area (Å²) in [6.07, 6.45) is 0. The molecule has 20 heavy (non-hydrogen) atoms. The van der Waals surface area contributed by atoms with Crippen LogP contribution < -0.4 is 16.0 Å². The first-order valence-electron chi connectivity index (χ1n) is 6.11. The van der Waals surface area contributed by atoms with Gasteiger partial charge in [0.15, 0.2) is 0 Å². The summed E-state index contributed by atoms with van der Waals surface area (Å²) in [7, 11) is 0. The largest absolute Gasteiger partial charge is 0.480 e. The van der Waals surface area contributed by atoms with Gasteiger partial charge >= 0.3 is 5.97 Å². The average Bonchev–Trinajstić information content (AvgIpc) is 2.31. The van der Waals surface area contributed by atoms with Crippen LogP contribution in [0.2, 0.25) is 0 Å². The van der Waals surface area contributed by atoms with Gasteiger partial charge in [0, 0.05) is 5.41 Å². The van der Waals surface area contributed by atoms with Gasteiger partial charge < -0.3 is 21.1 Å². The lowest BCUT2D eigenvalue weighted by Gasteiger charge is -2.21. The van der Waals surface area contributed by atoms with E-state index in [4.69, 9.17) is 5.11 Å². The van der Waals surface area contributed by atoms with E-state index in [0.717, 1.165) is 0 Å². The van der Waals surface area contributed by atoms with Crippen molar-refractivity contribution < 1.29 is 24.3 Å². The van der Waals surface area contributed by atoms with Crippen LogP contribution in [-0.2, 0) is 19.2 Å². The molecule has 0 aromatic carbocycles. The van der Waals surface area contributed by atoms with Gasteiger partial charge in [-0.2, -0.15) is 0 Å². The van der Waals surface area contributed by atoms with Crippen LogP contribution in [0.4, 0.5) is 0 Å². The summed E-state index contributed by atoms with van der Waals surface area (Å²) >= 11 is 0. The van der Waals surface area contributed by atoms with Crippen LogP contribution in [0.5, 0.6) is 0 Å². The van der Waals surface area contributed by atoms with Gasteiger partial charge in [-0.3, -0.25) is 19.2 Å². The Balaban J connectivity index is 4.12. The van der Waals surface area contributed by atoms with E-state index < -0.39 is 35.8 Å². The Morgan fingerprint density at radius 1 is 1.05 bits per heavy atom. The molecule has 0 aliphatic heterocycles. The fourth-order valence-electron chi connectivity index (χ4n) is 1.04. The third-order valence-electron chi connectivity index (χ3n) is 2.28. The molecule has 8 nitrogen and oxygen atoms in total. The Labute approximate surface area is 117 Å². The Morgan fingerprint density at radius 3 is 2.05 bits per heavy atom. The molecule has 1 unspecified atom stereocenters. The molecule has 0 aromatic rings. The lowest BCUT2D eigenvalue weighted by Crippen LogP contribution is -2.50. The molecule has 0 bridgehead atoms. The fourth-order valence-corrected chi connectivity index (χ4v) is 1.04. The molecule has 114 valence electrons. The van der Waals surface area contributed by atoms with E-state index in [0.29, 0.717) is 0 Å². The van der Waals surface area contributed by atoms with Gasteiger partial charge in [0.25, 0.3) is 0 Å². The molecule has 0 saturated heterocycles. The number of nitrogens with one attached hydrogen (secondary N) is 3. The topological polar surface area (TPSA) is 125 Å². The van der Waals surface area contributed by atoms with Crippen LogP contribution in [-0.4, -0.2) is 47.9 Å². The molecule has 8 heteroatoms. The van der Waals surface area contributed by atoms with Gasteiger partial charge in [-0.05, 0) is 6.92 Å². The zero-order chi connectivity index (χ0) is 15.9. The second-order valence-corrected chi connectivity index (χ2v) is 5.33. The number of carboxylic acid groups (broad SMARTS) is 1. The maximum absolute atomic E-state index is 11.7. The highest BCUT2D eigenvalue weighted by molar-refractivity contribution is 5.91. The van der Waals surface area contributed by atoms with Gasteiger partial charge in [0.1, 0.15) is 12.6 Å². The minimum Gasteiger partial charge on any atom is -0.480 e. The van der Waals surface area contributed by atoms with Crippen LogP contribution in [0.3, 0.4) is 0 Å². The molecule has 0 radical (unpaired) electrons. The molecule has 0 heterocycles. The molecule has 1 atom stereocenters. The third-order valence-corrected chi connectivity index (χ3v) is 2.28. The highest BCUT2D eigenvalue weighted by atomic mass is 16.4. The molecule has 0 saturated carbocycles. The fraction of sp³-hybridized carbons (Fsp3) is 0.667. The molecule has 3 amide bonds. The highest BCUT2D eigenvalue weighted by Gasteiger charge is 2.25. The highest BCUT2D eigenvalue weighted by Crippen LogP contribution is 2.12. The summed E-state index contributed by atoms with van der Waals surface area (Å²) in [6, 6.07) is -0.783. The number of carboxylic acids is 1. The van der Waals surface area contributed by atoms with Crippen molar-refractivity contribution in [2.24, 2.45) is 5.41 Å². The SMILES string of the molecule is CC(NC(=O)C(C)(C)C)C(=O)NCC(=O)NCC(=O)O. The van der Waals surface area contributed by atoms with Crippen molar-refractivity contribution in [1.29, 1.82) is 0 Å². The van der Waals surface area contributed by atoms with Gasteiger partial charge in [-0.25, -0.2) is 0 Å². The number of carbonyl (C=O) groups is 4. The lowest BCUT2D eigenvalue weighted by molar-refractivity contribution is -0.138. The van der Waals surface area contributed by atoms with Crippen LogP contribution in [0.1, 0.15) is 27.7 Å². The maximum Gasteiger partial charge on any atom is 0.322 e. The van der Waals surface area contributed by atoms with Crippen LogP contribution in [0.15, 0.2) is 0 Å². The van der Waals surface area contributed by atoms with Crippen molar-refractivity contribution in [3.63, 3.8) is 0 Å². The summed E-state index contributed by atoms with van der Waals surface area (Å²) in [6.45, 7) is 5.78. The second-order valence-electron chi connectivity index (χ2n) is 5.33. The van der Waals surface area contributed by atoms with Gasteiger partial charge in [-0.15, -0.1) is 0 Å². The molecule has 0 fully saturated rings. The Kier molecular flexibility index (Phi) is 6.67. The van der Waals surface area contributed by atoms with Crippen molar-refractivity contribution in [2.75, 3.05) is 13.1 Å². The van der Waals surface area contributed by atoms with Crippen LogP contribution in [0, 0.1) is 5.41 Å². The van der Waals surface area contributed by atoms with Gasteiger partial charge in [-0.1, -0.05) is 20.8 Å². The first-order valence-corrected chi connectivity index (χ1v) is 6.11. The summed E-state index contributed by atoms with van der Waals surface area (Å²) < 4.78 is 0. The number of carbonyl (C=O) groups excluding carboxylic acids is 3. The second kappa shape index (κ2) is 7.46. The standard InChI is InChI=1S/C12H21N3O5/c1-7(15-11(20)12(2,3)4)10(19)14-5-8(16)13-6-9(17)18/h7H,5-6H2,1-4H3,(H,13,16)(H,14,19)(H,15,20)(H,17,18). The summed E-state index contributed by atoms with van der Waals surface area (Å²) in [5.41, 5.74) is -0.618. The molecule has 0 aromatic heterocycles. The zero-order valence-electron chi connectivity index (χ0n) is 12.1. The molecule has 0 aliphatic carbocycles. The predicted octanol–water partition coefficient (Wildman–Crippen LogP) is -1.15. The number of amides is 3.